The number of nitrogens with two attached hydrogens (primary N) is 2. The summed E-state index contributed by atoms with van der Waals surface area (Å²) >= 11 is 0. The van der Waals surface area contributed by atoms with Crippen molar-refractivity contribution >= 4 is 28.8 Å². The van der Waals surface area contributed by atoms with E-state index in [1.807, 2.05) is 13.8 Å². The van der Waals surface area contributed by atoms with E-state index in [2.05, 4.69) is 0 Å². The van der Waals surface area contributed by atoms with Crippen LogP contribution < -0.4 is 11.5 Å². The molecule has 9 heteroatoms. The largest absolute Gasteiger partial charge is 0.478 e. The zero-order valence-corrected chi connectivity index (χ0v) is 15.7. The molecular weight excluding hydrogens is 387 g/mol. The van der Waals surface area contributed by atoms with Gasteiger partial charge in [0.15, 0.2) is 0 Å². The molecule has 0 heterocycles. The fraction of sp³-hybridized carbons (Fsp3) is 0.150. The Morgan fingerprint density at radius 3 is 2.00 bits per heavy atom. The summed E-state index contributed by atoms with van der Waals surface area (Å²) in [4.78, 5) is 23.0. The molecule has 29 heavy (non-hydrogen) atoms. The minimum Gasteiger partial charge on any atom is -0.478 e. The molecule has 2 aromatic rings. The topological polar surface area (TPSA) is 130 Å². The fourth-order valence-electron chi connectivity index (χ4n) is 2.20. The molecule has 0 fully saturated rings. The highest BCUT2D eigenvalue weighted by molar-refractivity contribution is 6.50. The predicted octanol–water partition coefficient (Wildman–Crippen LogP) is 3.95. The molecule has 6 nitrogen and oxygen atoms in total. The van der Waals surface area contributed by atoms with Gasteiger partial charge in [0, 0.05) is 23.0 Å². The number of carboxylic acids is 1. The van der Waals surface area contributed by atoms with Crippen molar-refractivity contribution in [1.82, 2.24) is 0 Å². The highest BCUT2D eigenvalue weighted by atomic mass is 19.4. The summed E-state index contributed by atoms with van der Waals surface area (Å²) in [6.45, 7) is 4.00. The molecule has 2 rings (SSSR count). The Morgan fingerprint density at radius 2 is 1.55 bits per heavy atom. The molecule has 0 radical (unpaired) electrons. The Bertz CT molecular complexity index is 950. The van der Waals surface area contributed by atoms with Crippen LogP contribution in [0, 0.1) is 5.41 Å². The van der Waals surface area contributed by atoms with Gasteiger partial charge in [0.2, 0.25) is 5.78 Å². The van der Waals surface area contributed by atoms with Gasteiger partial charge in [0.25, 0.3) is 0 Å². The number of carbonyl (C=O) groups excluding carboxylic acids is 1. The van der Waals surface area contributed by atoms with E-state index >= 15 is 0 Å². The first-order chi connectivity index (χ1) is 13.5. The van der Waals surface area contributed by atoms with Crippen molar-refractivity contribution in [3.05, 3.63) is 70.8 Å². The Labute approximate surface area is 165 Å². The molecular formula is C20H20F3N3O3. The van der Waals surface area contributed by atoms with E-state index in [-0.39, 0.29) is 22.5 Å². The van der Waals surface area contributed by atoms with E-state index in [0.29, 0.717) is 11.6 Å². The average Bonchev–Trinajstić information content (AvgIpc) is 2.68. The number of allylic oxidation sites excluding steroid dienone is 1. The molecule has 0 amide bonds. The highest BCUT2D eigenvalue weighted by Gasteiger charge is 2.31. The van der Waals surface area contributed by atoms with Gasteiger partial charge in [-0.15, -0.1) is 0 Å². The molecule has 0 saturated heterocycles. The van der Waals surface area contributed by atoms with E-state index in [1.165, 1.54) is 24.3 Å². The Hall–Kier alpha value is -3.62. The second kappa shape index (κ2) is 9.54. The maximum atomic E-state index is 12.7. The van der Waals surface area contributed by atoms with Crippen LogP contribution in [0.4, 0.5) is 18.9 Å². The van der Waals surface area contributed by atoms with Crippen molar-refractivity contribution in [2.45, 2.75) is 20.0 Å². The summed E-state index contributed by atoms with van der Waals surface area (Å²) in [5.41, 5.74) is 9.54. The van der Waals surface area contributed by atoms with Gasteiger partial charge in [-0.2, -0.15) is 13.2 Å². The molecule has 0 aliphatic heterocycles. The number of alkyl halides is 3. The second-order valence-corrected chi connectivity index (χ2v) is 5.52. The Kier molecular flexibility index (Phi) is 7.70. The van der Waals surface area contributed by atoms with Crippen molar-refractivity contribution in [2.75, 3.05) is 5.73 Å². The number of ketones is 1. The first-order valence-corrected chi connectivity index (χ1v) is 8.41. The molecule has 0 spiro atoms. The third-order valence-electron chi connectivity index (χ3n) is 3.65. The van der Waals surface area contributed by atoms with Crippen LogP contribution >= 0.6 is 0 Å². The van der Waals surface area contributed by atoms with E-state index in [4.69, 9.17) is 22.0 Å². The van der Waals surface area contributed by atoms with Crippen LogP contribution in [0.1, 0.15) is 40.9 Å². The molecule has 154 valence electrons. The number of nitrogen functional groups attached to an aromatic ring is 1. The number of carboxylic acid groups (broad SMARTS) is 1. The monoisotopic (exact) mass is 407 g/mol. The number of halogens is 3. The Balaban J connectivity index is 0.00000204. The van der Waals surface area contributed by atoms with Crippen molar-refractivity contribution in [3.63, 3.8) is 0 Å². The number of rotatable bonds is 5. The third-order valence-corrected chi connectivity index (χ3v) is 3.65. The normalized spacial score (nSPS) is 11.3. The molecule has 0 aromatic heterocycles. The van der Waals surface area contributed by atoms with Crippen LogP contribution in [0.15, 0.2) is 48.5 Å². The fourth-order valence-corrected chi connectivity index (χ4v) is 2.20. The lowest BCUT2D eigenvalue weighted by molar-refractivity contribution is -0.137. The molecule has 6 N–H and O–H groups in total. The van der Waals surface area contributed by atoms with Gasteiger partial charge in [0.05, 0.1) is 11.1 Å². The zero-order valence-electron chi connectivity index (χ0n) is 15.7. The number of hydrogen-bond acceptors (Lipinski definition) is 5. The maximum Gasteiger partial charge on any atom is 0.416 e. The molecule has 0 aliphatic rings. The van der Waals surface area contributed by atoms with Gasteiger partial charge in [-0.05, 0) is 29.8 Å². The maximum absolute atomic E-state index is 12.7. The average molecular weight is 407 g/mol. The van der Waals surface area contributed by atoms with Gasteiger partial charge in [-0.3, -0.25) is 10.2 Å². The van der Waals surface area contributed by atoms with Crippen LogP contribution in [-0.4, -0.2) is 22.6 Å². The van der Waals surface area contributed by atoms with Crippen LogP contribution in [-0.2, 0) is 11.0 Å². The summed E-state index contributed by atoms with van der Waals surface area (Å²) in [7, 11) is 0. The van der Waals surface area contributed by atoms with Gasteiger partial charge in [0.1, 0.15) is 5.71 Å². The van der Waals surface area contributed by atoms with Crippen LogP contribution in [0.5, 0.6) is 0 Å². The molecule has 0 atom stereocenters. The van der Waals surface area contributed by atoms with Crippen LogP contribution in [0.3, 0.4) is 0 Å². The summed E-state index contributed by atoms with van der Waals surface area (Å²) in [6.07, 6.45) is -3.67. The lowest BCUT2D eigenvalue weighted by atomic mass is 10.0. The van der Waals surface area contributed by atoms with Gasteiger partial charge in [-0.25, -0.2) is 4.79 Å². The quantitative estimate of drug-likeness (QED) is 0.339. The molecule has 2 aromatic carbocycles. The van der Waals surface area contributed by atoms with Crippen molar-refractivity contribution in [3.8, 4) is 0 Å². The van der Waals surface area contributed by atoms with Crippen LogP contribution in [0.2, 0.25) is 0 Å². The minimum atomic E-state index is -4.59. The zero-order chi connectivity index (χ0) is 22.4. The molecule has 0 bridgehead atoms. The first-order valence-electron chi connectivity index (χ1n) is 8.41. The summed E-state index contributed by atoms with van der Waals surface area (Å²) in [6, 6.07) is 7.69. The Morgan fingerprint density at radius 1 is 1.03 bits per heavy atom. The van der Waals surface area contributed by atoms with E-state index in [1.54, 1.807) is 0 Å². The van der Waals surface area contributed by atoms with Gasteiger partial charge < -0.3 is 16.6 Å². The van der Waals surface area contributed by atoms with E-state index in [9.17, 15) is 22.8 Å². The minimum absolute atomic E-state index is 0.0307. The number of anilines is 1. The van der Waals surface area contributed by atoms with Crippen molar-refractivity contribution in [1.29, 1.82) is 5.41 Å². The lowest BCUT2D eigenvalue weighted by Gasteiger charge is -2.10. The molecule has 0 aliphatic carbocycles. The predicted molar refractivity (Wildman–Crippen MR) is 105 cm³/mol. The SMILES string of the molecule is CC.N=C(C(=O)/C=C(\N)c1ccc(C(=O)O)cc1)c1ccc(C(F)(F)F)cc1N. The highest BCUT2D eigenvalue weighted by Crippen LogP contribution is 2.31. The van der Waals surface area contributed by atoms with Crippen molar-refractivity contribution < 1.29 is 27.9 Å². The summed E-state index contributed by atoms with van der Waals surface area (Å²) in [5.74, 6) is -1.99. The molecule has 0 unspecified atom stereocenters. The number of benzene rings is 2. The summed E-state index contributed by atoms with van der Waals surface area (Å²) < 4.78 is 38.0. The smallest absolute Gasteiger partial charge is 0.416 e. The molecule has 0 saturated carbocycles. The van der Waals surface area contributed by atoms with Crippen molar-refractivity contribution in [2.24, 2.45) is 5.73 Å². The second-order valence-electron chi connectivity index (χ2n) is 5.52. The first kappa shape index (κ1) is 23.4. The third kappa shape index (κ3) is 5.93. The van der Waals surface area contributed by atoms with Gasteiger partial charge >= 0.3 is 12.1 Å². The van der Waals surface area contributed by atoms with Gasteiger partial charge in [-0.1, -0.05) is 32.0 Å². The number of aromatic carboxylic acids is 1. The van der Waals surface area contributed by atoms with E-state index < -0.39 is 29.2 Å². The standard InChI is InChI=1S/C18H14F3N3O3.C2H6/c19-18(20,21)11-5-6-12(14(23)7-11)16(24)15(25)8-13(22)9-1-3-10(4-2-9)17(26)27;1-2/h1-8,24H,22-23H2,(H,26,27);1-2H3/b13-8-,24-16?;. The number of carbonyl (C=O) groups is 2. The van der Waals surface area contributed by atoms with E-state index in [0.717, 1.165) is 18.2 Å². The summed E-state index contributed by atoms with van der Waals surface area (Å²) in [5, 5.41) is 16.7. The van der Waals surface area contributed by atoms with Crippen LogP contribution in [0.25, 0.3) is 5.70 Å². The lowest BCUT2D eigenvalue weighted by Crippen LogP contribution is -2.16. The number of hydrogen-bond donors (Lipinski definition) is 4. The number of nitrogens with one attached hydrogen (secondary N) is 1.